The summed E-state index contributed by atoms with van der Waals surface area (Å²) >= 11 is 3.11. The fourth-order valence-electron chi connectivity index (χ4n) is 1.49. The standard InChI is InChI=1S/C12H9BrFN3O3/c13-7-1-2-9(8(14)5-7)15-11(18)6-17-4-3-10(16-17)12(19)20/h1-5H,6H2,(H,15,18)(H,19,20). The Kier molecular flexibility index (Phi) is 4.14. The van der Waals surface area contributed by atoms with E-state index in [1.165, 1.54) is 24.4 Å². The fraction of sp³-hybridized carbons (Fsp3) is 0.0833. The van der Waals surface area contributed by atoms with Crippen molar-refractivity contribution in [2.75, 3.05) is 5.32 Å². The fourth-order valence-corrected chi connectivity index (χ4v) is 1.82. The maximum Gasteiger partial charge on any atom is 0.356 e. The van der Waals surface area contributed by atoms with E-state index < -0.39 is 17.7 Å². The second kappa shape index (κ2) is 5.83. The number of anilines is 1. The van der Waals surface area contributed by atoms with Gasteiger partial charge in [-0.2, -0.15) is 5.10 Å². The first kappa shape index (κ1) is 14.2. The largest absolute Gasteiger partial charge is 0.476 e. The van der Waals surface area contributed by atoms with Gasteiger partial charge in [0.05, 0.1) is 5.69 Å². The molecule has 1 heterocycles. The van der Waals surface area contributed by atoms with Gasteiger partial charge >= 0.3 is 5.97 Å². The molecule has 1 aromatic carbocycles. The average molecular weight is 342 g/mol. The van der Waals surface area contributed by atoms with E-state index in [1.54, 1.807) is 6.07 Å². The zero-order chi connectivity index (χ0) is 14.7. The summed E-state index contributed by atoms with van der Waals surface area (Å²) in [7, 11) is 0. The molecule has 1 amide bonds. The lowest BCUT2D eigenvalue weighted by Gasteiger charge is -2.06. The van der Waals surface area contributed by atoms with Crippen molar-refractivity contribution in [3.8, 4) is 0 Å². The number of carbonyl (C=O) groups excluding carboxylic acids is 1. The van der Waals surface area contributed by atoms with Gasteiger partial charge < -0.3 is 10.4 Å². The monoisotopic (exact) mass is 341 g/mol. The highest BCUT2D eigenvalue weighted by molar-refractivity contribution is 9.10. The van der Waals surface area contributed by atoms with Crippen LogP contribution < -0.4 is 5.32 Å². The van der Waals surface area contributed by atoms with E-state index in [4.69, 9.17) is 5.11 Å². The Labute approximate surface area is 121 Å². The van der Waals surface area contributed by atoms with Crippen LogP contribution in [-0.2, 0) is 11.3 Å². The summed E-state index contributed by atoms with van der Waals surface area (Å²) in [5.74, 6) is -2.26. The Hall–Kier alpha value is -2.22. The number of hydrogen-bond donors (Lipinski definition) is 2. The minimum absolute atomic E-state index is 0.0452. The molecule has 0 radical (unpaired) electrons. The molecule has 0 aliphatic heterocycles. The van der Waals surface area contributed by atoms with Crippen LogP contribution in [0, 0.1) is 5.82 Å². The predicted molar refractivity (Wildman–Crippen MR) is 71.9 cm³/mol. The van der Waals surface area contributed by atoms with Crippen molar-refractivity contribution in [1.29, 1.82) is 0 Å². The summed E-state index contributed by atoms with van der Waals surface area (Å²) in [5, 5.41) is 14.8. The van der Waals surface area contributed by atoms with Crippen LogP contribution in [-0.4, -0.2) is 26.8 Å². The van der Waals surface area contributed by atoms with Crippen LogP contribution in [0.1, 0.15) is 10.5 Å². The van der Waals surface area contributed by atoms with Gasteiger partial charge in [-0.15, -0.1) is 0 Å². The zero-order valence-electron chi connectivity index (χ0n) is 10.0. The van der Waals surface area contributed by atoms with Crippen molar-refractivity contribution < 1.29 is 19.1 Å². The van der Waals surface area contributed by atoms with Crippen molar-refractivity contribution in [2.24, 2.45) is 0 Å². The molecule has 2 N–H and O–H groups in total. The summed E-state index contributed by atoms with van der Waals surface area (Å²) in [4.78, 5) is 22.3. The van der Waals surface area contributed by atoms with E-state index in [9.17, 15) is 14.0 Å². The molecule has 0 saturated carbocycles. The molecule has 0 unspecified atom stereocenters. The quantitative estimate of drug-likeness (QED) is 0.892. The van der Waals surface area contributed by atoms with Gasteiger partial charge in [-0.25, -0.2) is 9.18 Å². The van der Waals surface area contributed by atoms with Crippen LogP contribution in [0.4, 0.5) is 10.1 Å². The summed E-state index contributed by atoms with van der Waals surface area (Å²) < 4.78 is 15.2. The Balaban J connectivity index is 2.03. The molecule has 0 spiro atoms. The van der Waals surface area contributed by atoms with Crippen molar-refractivity contribution >= 4 is 33.5 Å². The van der Waals surface area contributed by atoms with Crippen molar-refractivity contribution in [2.45, 2.75) is 6.54 Å². The number of aromatic nitrogens is 2. The number of aromatic carboxylic acids is 1. The first-order valence-electron chi connectivity index (χ1n) is 5.47. The highest BCUT2D eigenvalue weighted by Crippen LogP contribution is 2.19. The molecule has 6 nitrogen and oxygen atoms in total. The van der Waals surface area contributed by atoms with E-state index in [1.807, 2.05) is 0 Å². The van der Waals surface area contributed by atoms with Crippen LogP contribution >= 0.6 is 15.9 Å². The molecule has 0 saturated heterocycles. The van der Waals surface area contributed by atoms with Crippen LogP contribution in [0.3, 0.4) is 0 Å². The summed E-state index contributed by atoms with van der Waals surface area (Å²) in [6.07, 6.45) is 1.36. The number of nitrogens with zero attached hydrogens (tertiary/aromatic N) is 2. The summed E-state index contributed by atoms with van der Waals surface area (Å²) in [6, 6.07) is 5.51. The van der Waals surface area contributed by atoms with E-state index in [0.717, 1.165) is 4.68 Å². The normalized spacial score (nSPS) is 10.3. The Bertz CT molecular complexity index is 672. The number of nitrogens with one attached hydrogen (secondary N) is 1. The highest BCUT2D eigenvalue weighted by atomic mass is 79.9. The zero-order valence-corrected chi connectivity index (χ0v) is 11.6. The van der Waals surface area contributed by atoms with Crippen molar-refractivity contribution in [3.63, 3.8) is 0 Å². The molecule has 2 rings (SSSR count). The van der Waals surface area contributed by atoms with E-state index in [0.29, 0.717) is 4.47 Å². The van der Waals surface area contributed by atoms with E-state index in [2.05, 4.69) is 26.3 Å². The number of carbonyl (C=O) groups is 2. The Morgan fingerprint density at radius 1 is 1.40 bits per heavy atom. The minimum atomic E-state index is -1.18. The Morgan fingerprint density at radius 3 is 2.75 bits per heavy atom. The minimum Gasteiger partial charge on any atom is -0.476 e. The number of carboxylic acid groups (broad SMARTS) is 1. The molecule has 0 aliphatic rings. The molecule has 8 heteroatoms. The molecule has 2 aromatic rings. The number of carboxylic acids is 1. The lowest BCUT2D eigenvalue weighted by atomic mass is 10.3. The average Bonchev–Trinajstić information content (AvgIpc) is 2.81. The van der Waals surface area contributed by atoms with E-state index >= 15 is 0 Å². The Morgan fingerprint density at radius 2 is 2.15 bits per heavy atom. The van der Waals surface area contributed by atoms with E-state index in [-0.39, 0.29) is 17.9 Å². The van der Waals surface area contributed by atoms with Crippen molar-refractivity contribution in [1.82, 2.24) is 9.78 Å². The van der Waals surface area contributed by atoms with Gasteiger partial charge in [-0.3, -0.25) is 9.48 Å². The van der Waals surface area contributed by atoms with Gasteiger partial charge in [-0.05, 0) is 24.3 Å². The maximum atomic E-state index is 13.5. The smallest absolute Gasteiger partial charge is 0.356 e. The van der Waals surface area contributed by atoms with Gasteiger partial charge in [0.1, 0.15) is 12.4 Å². The number of amides is 1. The van der Waals surface area contributed by atoms with Crippen LogP contribution in [0.2, 0.25) is 0 Å². The lowest BCUT2D eigenvalue weighted by molar-refractivity contribution is -0.116. The van der Waals surface area contributed by atoms with Gasteiger partial charge in [0, 0.05) is 10.7 Å². The summed E-state index contributed by atoms with van der Waals surface area (Å²) in [5.41, 5.74) is -0.114. The van der Waals surface area contributed by atoms with Gasteiger partial charge in [-0.1, -0.05) is 15.9 Å². The second-order valence-corrected chi connectivity index (χ2v) is 4.79. The third-order valence-corrected chi connectivity index (χ3v) is 2.86. The molecule has 0 aliphatic carbocycles. The van der Waals surface area contributed by atoms with Crippen LogP contribution in [0.25, 0.3) is 0 Å². The molecule has 0 bridgehead atoms. The third kappa shape index (κ3) is 3.41. The second-order valence-electron chi connectivity index (χ2n) is 3.88. The van der Waals surface area contributed by atoms with Gasteiger partial charge in [0.2, 0.25) is 5.91 Å². The first-order valence-corrected chi connectivity index (χ1v) is 6.26. The summed E-state index contributed by atoms with van der Waals surface area (Å²) in [6.45, 7) is -0.206. The molecular weight excluding hydrogens is 333 g/mol. The number of hydrogen-bond acceptors (Lipinski definition) is 3. The molecule has 1 aromatic heterocycles. The van der Waals surface area contributed by atoms with Gasteiger partial charge in [0.25, 0.3) is 0 Å². The van der Waals surface area contributed by atoms with Crippen molar-refractivity contribution in [3.05, 3.63) is 46.4 Å². The predicted octanol–water partition coefficient (Wildman–Crippen LogP) is 2.12. The molecule has 0 atom stereocenters. The van der Waals surface area contributed by atoms with Crippen LogP contribution in [0.15, 0.2) is 34.9 Å². The SMILES string of the molecule is O=C(Cn1ccc(C(=O)O)n1)Nc1ccc(Br)cc1F. The highest BCUT2D eigenvalue weighted by Gasteiger charge is 2.11. The lowest BCUT2D eigenvalue weighted by Crippen LogP contribution is -2.20. The third-order valence-electron chi connectivity index (χ3n) is 2.37. The topological polar surface area (TPSA) is 84.2 Å². The number of benzene rings is 1. The maximum absolute atomic E-state index is 13.5. The van der Waals surface area contributed by atoms with Gasteiger partial charge in [0.15, 0.2) is 5.69 Å². The first-order chi connectivity index (χ1) is 9.45. The van der Waals surface area contributed by atoms with Crippen LogP contribution in [0.5, 0.6) is 0 Å². The molecule has 0 fully saturated rings. The molecule has 104 valence electrons. The molecular formula is C12H9BrFN3O3. The number of halogens is 2. The number of rotatable bonds is 4. The molecule has 20 heavy (non-hydrogen) atoms.